The van der Waals surface area contributed by atoms with Gasteiger partial charge in [0.05, 0.1) is 19.8 Å². The first-order valence-corrected chi connectivity index (χ1v) is 5.03. The molecule has 0 aliphatic carbocycles. The second-order valence-electron chi connectivity index (χ2n) is 3.56. The molecule has 0 aromatic carbocycles. The number of carbonyl (C=O) groups is 1. The van der Waals surface area contributed by atoms with Gasteiger partial charge in [0.1, 0.15) is 0 Å². The van der Waals surface area contributed by atoms with Crippen molar-refractivity contribution in [2.24, 2.45) is 0 Å². The minimum absolute atomic E-state index is 0.0884. The molecule has 1 saturated heterocycles. The molecule has 2 aliphatic rings. The van der Waals surface area contributed by atoms with Crippen molar-refractivity contribution in [3.63, 3.8) is 0 Å². The van der Waals surface area contributed by atoms with Gasteiger partial charge < -0.3 is 14.8 Å². The number of ether oxygens (including phenoxy) is 2. The zero-order valence-corrected chi connectivity index (χ0v) is 8.12. The number of rotatable bonds is 3. The van der Waals surface area contributed by atoms with Gasteiger partial charge in [-0.15, -0.1) is 0 Å². The summed E-state index contributed by atoms with van der Waals surface area (Å²) in [6.07, 6.45) is 3.20. The lowest BCUT2D eigenvalue weighted by Gasteiger charge is -2.23. The summed E-state index contributed by atoms with van der Waals surface area (Å²) < 4.78 is 10.5. The van der Waals surface area contributed by atoms with Gasteiger partial charge in [0.15, 0.2) is 11.5 Å². The highest BCUT2D eigenvalue weighted by Gasteiger charge is 2.21. The maximum atomic E-state index is 11.6. The van der Waals surface area contributed by atoms with Gasteiger partial charge in [-0.05, 0) is 6.08 Å². The van der Waals surface area contributed by atoms with E-state index >= 15 is 0 Å². The Bertz CT molecular complexity index is 244. The molecule has 1 N–H and O–H groups in total. The Morgan fingerprint density at radius 1 is 1.57 bits per heavy atom. The van der Waals surface area contributed by atoms with E-state index in [-0.39, 0.29) is 11.8 Å². The Morgan fingerprint density at radius 3 is 3.14 bits per heavy atom. The molecule has 14 heavy (non-hydrogen) atoms. The fourth-order valence-electron chi connectivity index (χ4n) is 1.69. The third kappa shape index (κ3) is 2.33. The predicted molar refractivity (Wildman–Crippen MR) is 50.9 cm³/mol. The minimum Gasteiger partial charge on any atom is -0.490 e. The van der Waals surface area contributed by atoms with E-state index in [1.807, 2.05) is 6.08 Å². The smallest absolute Gasteiger partial charge is 0.198 e. The van der Waals surface area contributed by atoms with Crippen molar-refractivity contribution >= 4 is 5.78 Å². The van der Waals surface area contributed by atoms with Crippen molar-refractivity contribution in [1.82, 2.24) is 5.32 Å². The molecular formula is C10H15NO3. The van der Waals surface area contributed by atoms with Crippen LogP contribution < -0.4 is 5.32 Å². The first kappa shape index (κ1) is 9.68. The predicted octanol–water partition coefficient (Wildman–Crippen LogP) is 0.238. The van der Waals surface area contributed by atoms with Crippen molar-refractivity contribution in [1.29, 1.82) is 0 Å². The molecule has 4 heteroatoms. The number of hydrogen-bond acceptors (Lipinski definition) is 4. The highest BCUT2D eigenvalue weighted by Crippen LogP contribution is 2.13. The quantitative estimate of drug-likeness (QED) is 0.704. The van der Waals surface area contributed by atoms with Gasteiger partial charge >= 0.3 is 0 Å². The molecule has 0 aromatic heterocycles. The topological polar surface area (TPSA) is 47.6 Å². The Hall–Kier alpha value is -0.870. The number of hydrogen-bond donors (Lipinski definition) is 1. The molecule has 0 saturated carbocycles. The molecule has 0 spiro atoms. The van der Waals surface area contributed by atoms with E-state index in [0.717, 1.165) is 19.6 Å². The molecule has 1 fully saturated rings. The van der Waals surface area contributed by atoms with Crippen molar-refractivity contribution in [3.8, 4) is 0 Å². The summed E-state index contributed by atoms with van der Waals surface area (Å²) in [6.45, 7) is 2.84. The van der Waals surface area contributed by atoms with Gasteiger partial charge in [-0.25, -0.2) is 0 Å². The molecule has 0 radical (unpaired) electrons. The molecule has 2 heterocycles. The number of Topliss-reactive ketones (excluding diaryl/α,β-unsaturated/α-hetero) is 1. The summed E-state index contributed by atoms with van der Waals surface area (Å²) in [7, 11) is 0. The van der Waals surface area contributed by atoms with Crippen molar-refractivity contribution < 1.29 is 14.3 Å². The Morgan fingerprint density at radius 2 is 2.50 bits per heavy atom. The normalized spacial score (nSPS) is 26.9. The average Bonchev–Trinajstić information content (AvgIpc) is 2.72. The summed E-state index contributed by atoms with van der Waals surface area (Å²) >= 11 is 0. The minimum atomic E-state index is 0.0884. The molecule has 4 nitrogen and oxygen atoms in total. The maximum Gasteiger partial charge on any atom is 0.198 e. The number of nitrogens with one attached hydrogen (secondary N) is 1. The first-order chi connectivity index (χ1) is 6.86. The van der Waals surface area contributed by atoms with Crippen LogP contribution in [0.5, 0.6) is 0 Å². The van der Waals surface area contributed by atoms with E-state index in [0.29, 0.717) is 25.4 Å². The second kappa shape index (κ2) is 4.57. The summed E-state index contributed by atoms with van der Waals surface area (Å²) in [5, 5.41) is 3.24. The van der Waals surface area contributed by atoms with Crippen LogP contribution in [-0.4, -0.2) is 38.2 Å². The lowest BCUT2D eigenvalue weighted by atomic mass is 10.1. The molecule has 1 atom stereocenters. The Labute approximate surface area is 83.3 Å². The van der Waals surface area contributed by atoms with E-state index in [4.69, 9.17) is 9.47 Å². The third-order valence-electron chi connectivity index (χ3n) is 2.41. The average molecular weight is 197 g/mol. The van der Waals surface area contributed by atoms with E-state index in [9.17, 15) is 4.79 Å². The second-order valence-corrected chi connectivity index (χ2v) is 3.56. The molecule has 78 valence electrons. The van der Waals surface area contributed by atoms with Crippen LogP contribution in [0.2, 0.25) is 0 Å². The van der Waals surface area contributed by atoms with Gasteiger partial charge in [-0.2, -0.15) is 0 Å². The van der Waals surface area contributed by atoms with E-state index in [1.165, 1.54) is 0 Å². The van der Waals surface area contributed by atoms with Crippen LogP contribution in [0.4, 0.5) is 0 Å². The van der Waals surface area contributed by atoms with E-state index in [2.05, 4.69) is 5.32 Å². The summed E-state index contributed by atoms with van der Waals surface area (Å²) in [5.41, 5.74) is 0. The molecule has 1 unspecified atom stereocenters. The van der Waals surface area contributed by atoms with Crippen molar-refractivity contribution in [3.05, 3.63) is 11.8 Å². The van der Waals surface area contributed by atoms with Crippen LogP contribution in [0.1, 0.15) is 12.8 Å². The van der Waals surface area contributed by atoms with Crippen molar-refractivity contribution in [2.75, 3.05) is 26.4 Å². The maximum absolute atomic E-state index is 11.6. The lowest BCUT2D eigenvalue weighted by molar-refractivity contribution is -0.119. The highest BCUT2D eigenvalue weighted by atomic mass is 16.5. The van der Waals surface area contributed by atoms with Crippen molar-refractivity contribution in [2.45, 2.75) is 18.9 Å². The number of carbonyl (C=O) groups excluding carboxylic acids is 1. The van der Waals surface area contributed by atoms with Crippen LogP contribution in [0, 0.1) is 0 Å². The van der Waals surface area contributed by atoms with Gasteiger partial charge in [0, 0.05) is 25.4 Å². The molecule has 2 rings (SSSR count). The zero-order valence-electron chi connectivity index (χ0n) is 8.12. The Balaban J connectivity index is 1.81. The van der Waals surface area contributed by atoms with E-state index in [1.54, 1.807) is 0 Å². The van der Waals surface area contributed by atoms with Crippen LogP contribution in [-0.2, 0) is 14.3 Å². The number of ketones is 1. The highest BCUT2D eigenvalue weighted by molar-refractivity contribution is 5.94. The first-order valence-electron chi connectivity index (χ1n) is 5.03. The van der Waals surface area contributed by atoms with Gasteiger partial charge in [0.25, 0.3) is 0 Å². The molecule has 0 aromatic rings. The molecule has 0 bridgehead atoms. The third-order valence-corrected chi connectivity index (χ3v) is 2.41. The fraction of sp³-hybridized carbons (Fsp3) is 0.700. The lowest BCUT2D eigenvalue weighted by Crippen LogP contribution is -2.42. The van der Waals surface area contributed by atoms with Crippen LogP contribution >= 0.6 is 0 Å². The Kier molecular flexibility index (Phi) is 3.16. The SMILES string of the molecule is O=C(CC1COCCN1)C1=CCCO1. The number of morpholine rings is 1. The van der Waals surface area contributed by atoms with Gasteiger partial charge in [-0.1, -0.05) is 0 Å². The largest absolute Gasteiger partial charge is 0.490 e. The van der Waals surface area contributed by atoms with Gasteiger partial charge in [0.2, 0.25) is 0 Å². The van der Waals surface area contributed by atoms with E-state index < -0.39 is 0 Å². The molecule has 0 amide bonds. The standard InChI is InChI=1S/C10H15NO3/c12-9(10-2-1-4-14-10)6-8-7-13-5-3-11-8/h2,8,11H,1,3-7H2. The summed E-state index contributed by atoms with van der Waals surface area (Å²) in [4.78, 5) is 11.6. The molecule has 2 aliphatic heterocycles. The van der Waals surface area contributed by atoms with Crippen LogP contribution in [0.15, 0.2) is 11.8 Å². The van der Waals surface area contributed by atoms with Gasteiger partial charge in [-0.3, -0.25) is 4.79 Å². The number of allylic oxidation sites excluding steroid dienone is 1. The monoisotopic (exact) mass is 197 g/mol. The van der Waals surface area contributed by atoms with Crippen LogP contribution in [0.25, 0.3) is 0 Å². The molecular weight excluding hydrogens is 182 g/mol. The summed E-state index contributed by atoms with van der Waals surface area (Å²) in [6, 6.07) is 0.154. The fourth-order valence-corrected chi connectivity index (χ4v) is 1.69. The summed E-state index contributed by atoms with van der Waals surface area (Å²) in [5.74, 6) is 0.628. The zero-order chi connectivity index (χ0) is 9.80. The van der Waals surface area contributed by atoms with Crippen LogP contribution in [0.3, 0.4) is 0 Å².